The van der Waals surface area contributed by atoms with Crippen LogP contribution in [0.5, 0.6) is 0 Å². The van der Waals surface area contributed by atoms with Crippen LogP contribution in [0.1, 0.15) is 12.8 Å². The molecular formula is C50H84N2O35S2. The van der Waals surface area contributed by atoms with Gasteiger partial charge in [-0.2, -0.15) is 23.5 Å². The minimum atomic E-state index is -2.50. The van der Waals surface area contributed by atoms with Gasteiger partial charge in [0.05, 0.1) is 70.2 Å². The summed E-state index contributed by atoms with van der Waals surface area (Å²) in [6.45, 7) is -6.28. The Morgan fingerprint density at radius 3 is 1.24 bits per heavy atom. The van der Waals surface area contributed by atoms with Crippen LogP contribution in [0.4, 0.5) is 0 Å². The van der Waals surface area contributed by atoms with Crippen LogP contribution >= 0.6 is 23.5 Å². The molecule has 0 aromatic carbocycles. The summed E-state index contributed by atoms with van der Waals surface area (Å²) in [5.74, 6) is -7.08. The monoisotopic (exact) mass is 1340 g/mol. The van der Waals surface area contributed by atoms with E-state index >= 15 is 0 Å². The van der Waals surface area contributed by atoms with E-state index in [1.165, 1.54) is 0 Å². The van der Waals surface area contributed by atoms with Crippen LogP contribution in [0.25, 0.3) is 0 Å². The van der Waals surface area contributed by atoms with Crippen molar-refractivity contribution in [2.24, 2.45) is 29.2 Å². The highest BCUT2D eigenvalue weighted by atomic mass is 32.2. The lowest BCUT2D eigenvalue weighted by Crippen LogP contribution is -2.70. The maximum Gasteiger partial charge on any atom is 0.321 e. The summed E-state index contributed by atoms with van der Waals surface area (Å²) in [7, 11) is 0. The van der Waals surface area contributed by atoms with Gasteiger partial charge in [0.25, 0.3) is 0 Å². The number of hydrogen-bond donors (Lipinski definition) is 23. The number of carboxylic acid groups (broad SMARTS) is 2. The van der Waals surface area contributed by atoms with E-state index in [9.17, 15) is 117 Å². The number of aliphatic carboxylic acids is 2. The molecule has 21 aliphatic rings. The fourth-order valence-electron chi connectivity index (χ4n) is 12.3. The molecule has 89 heavy (non-hydrogen) atoms. The molecule has 13 unspecified atom stereocenters. The summed E-state index contributed by atoms with van der Waals surface area (Å²) in [6, 6.07) is -2.84. The fraction of sp³-hybridized carbons (Fsp3) is 0.960. The van der Waals surface area contributed by atoms with Crippen LogP contribution in [0, 0.1) is 17.8 Å². The predicted octanol–water partition coefficient (Wildman–Crippen LogP) is -13.4. The molecule has 0 spiro atoms. The summed E-state index contributed by atoms with van der Waals surface area (Å²) in [4.78, 5) is 23.3. The second-order valence-corrected chi connectivity index (χ2v) is 25.6. The average molecular weight is 1340 g/mol. The highest BCUT2D eigenvalue weighted by molar-refractivity contribution is 7.99. The third kappa shape index (κ3) is 15.6. The molecule has 1 saturated carbocycles. The van der Waals surface area contributed by atoms with Crippen molar-refractivity contribution < 1.29 is 174 Å². The Balaban J connectivity index is 1.11. The van der Waals surface area contributed by atoms with E-state index < -0.39 is 271 Å². The van der Waals surface area contributed by atoms with Crippen LogP contribution in [-0.4, -0.2) is 384 Å². The van der Waals surface area contributed by atoms with Crippen molar-refractivity contribution in [1.29, 1.82) is 0 Å². The number of hydrogen-bond acceptors (Lipinski definition) is 37. The molecule has 516 valence electrons. The molecule has 20 saturated heterocycles. The normalized spacial score (nSPS) is 50.1. The molecule has 20 heterocycles. The Hall–Kier alpha value is -1.68. The molecule has 21 fully saturated rings. The number of carbonyl (C=O) groups is 2. The number of thioether (sulfide) groups is 2. The minimum Gasteiger partial charge on any atom is -0.480 e. The van der Waals surface area contributed by atoms with E-state index in [0.29, 0.717) is 0 Å². The van der Waals surface area contributed by atoms with Gasteiger partial charge in [0.15, 0.2) is 37.7 Å². The largest absolute Gasteiger partial charge is 0.480 e. The number of aliphatic hydroxyl groups is 19. The van der Waals surface area contributed by atoms with E-state index in [2.05, 4.69) is 0 Å². The summed E-state index contributed by atoms with van der Waals surface area (Å²) in [6.07, 6.45) is -60.1. The molecule has 37 nitrogen and oxygen atoms in total. The van der Waals surface area contributed by atoms with Crippen molar-refractivity contribution in [2.45, 2.75) is 215 Å². The Kier molecular flexibility index (Phi) is 25.9. The second-order valence-electron chi connectivity index (χ2n) is 23.4. The highest BCUT2D eigenvalue weighted by Crippen LogP contribution is 2.44. The Bertz CT molecular complexity index is 2250. The third-order valence-corrected chi connectivity index (χ3v) is 19.9. The van der Waals surface area contributed by atoms with Gasteiger partial charge in [0.1, 0.15) is 134 Å². The molecular weight excluding hydrogens is 1250 g/mol. The van der Waals surface area contributed by atoms with Crippen molar-refractivity contribution in [3.05, 3.63) is 0 Å². The smallest absolute Gasteiger partial charge is 0.321 e. The topological polar surface area (TPSA) is 622 Å². The predicted molar refractivity (Wildman–Crippen MR) is 286 cm³/mol. The molecule has 20 aliphatic heterocycles. The van der Waals surface area contributed by atoms with Crippen molar-refractivity contribution in [3.63, 3.8) is 0 Å². The molecule has 14 bridgehead atoms. The number of nitrogens with two attached hydrogens (primary N) is 2. The Morgan fingerprint density at radius 2 is 0.787 bits per heavy atom. The lowest BCUT2D eigenvalue weighted by molar-refractivity contribution is -0.402. The van der Waals surface area contributed by atoms with E-state index in [-0.39, 0.29) is 35.9 Å². The Labute approximate surface area is 514 Å². The van der Waals surface area contributed by atoms with Crippen LogP contribution < -0.4 is 11.5 Å². The lowest BCUT2D eigenvalue weighted by atomic mass is 9.70. The number of aliphatic hydroxyl groups excluding tert-OH is 19. The van der Waals surface area contributed by atoms with Gasteiger partial charge in [-0.25, -0.2) is 0 Å². The van der Waals surface area contributed by atoms with Gasteiger partial charge in [-0.15, -0.1) is 0 Å². The fourth-order valence-corrected chi connectivity index (χ4v) is 14.5. The zero-order chi connectivity index (χ0) is 65.2. The second kappa shape index (κ2) is 31.5. The van der Waals surface area contributed by atoms with Crippen LogP contribution in [0.15, 0.2) is 0 Å². The molecule has 0 aromatic rings. The van der Waals surface area contributed by atoms with Gasteiger partial charge in [-0.3, -0.25) is 9.59 Å². The zero-order valence-corrected chi connectivity index (χ0v) is 48.9. The van der Waals surface area contributed by atoms with Crippen molar-refractivity contribution in [2.75, 3.05) is 62.7 Å². The summed E-state index contributed by atoms with van der Waals surface area (Å²) in [5, 5.41) is 235. The van der Waals surface area contributed by atoms with Gasteiger partial charge >= 0.3 is 11.9 Å². The van der Waals surface area contributed by atoms with Crippen LogP contribution in [0.3, 0.4) is 0 Å². The van der Waals surface area contributed by atoms with Crippen LogP contribution in [0.2, 0.25) is 0 Å². The molecule has 36 atom stereocenters. The van der Waals surface area contributed by atoms with Crippen molar-refractivity contribution >= 4 is 35.5 Å². The molecule has 21 rings (SSSR count). The molecule has 0 aromatic heterocycles. The first kappa shape index (κ1) is 73.1. The van der Waals surface area contributed by atoms with E-state index in [4.69, 9.17) is 68.3 Å². The van der Waals surface area contributed by atoms with Crippen molar-refractivity contribution in [3.8, 4) is 0 Å². The standard InChI is InChI=1S/C50H84N2O35S2/c51-16(42(72)73)8-88-7-14-1-13-2-15-18(3-53)77-45(30(65)24(15)59)84-38-20(5-55)79-47(32(67)27(38)62)86-40-22(10-89-9-17(52)43(74)75)81-48(33(68)28(40)63)85-39-21(6-56)80-49(34(69)29(39)64)87-50(11-57)12-76-44(35(70)41(50)71)83-37-19(4-54)78-46(31(66)26(37)61)82-36(14)25(60)23(13)58/h13-41,44-49,53-71H,1-12,51-52H2,(H,72,73)(H,74,75)/t13-,14?,15-,16-,17-,18?,19?,20?,21?,22?,23?,24+,25-,26-,27-,28-,29-,30?,31?,32?,33?,34?,35?,36-,37-,38-,39-,40-,41-,44-,45-,46-,47-,48-,49-,50-/m1/s1. The van der Waals surface area contributed by atoms with Crippen LogP contribution in [-0.2, 0) is 66.4 Å². The maximum atomic E-state index is 11.9. The maximum absolute atomic E-state index is 11.9. The SMILES string of the molecule is N[C@H](CSCC1C[C@@H]2C[C@@H]3C(CO)O[C@H](O[C@@H]4C(CO)O[C@H](O[C@@H]5C(CSC[C@@H](N)C(=O)O)O[C@H](O[C@@H]6C(CO)O[C@H](O[C@]7(CO)CO[C@H](O[C@@H]8C(CO)O[C@H](O[C@H]1[C@H](O)C2O)C(O)[C@H]8O)C(O)[C@H]7O)C(O)[C@H]6O)C(O)[C@H]5O)C(O)[C@H]4O)C(O)[C@H]3O)C(=O)O. The molecule has 25 N–H and O–H groups in total. The summed E-state index contributed by atoms with van der Waals surface area (Å²) < 4.78 is 70.5. The van der Waals surface area contributed by atoms with Gasteiger partial charge in [0.2, 0.25) is 0 Å². The summed E-state index contributed by atoms with van der Waals surface area (Å²) >= 11 is 1.79. The van der Waals surface area contributed by atoms with E-state index in [1.54, 1.807) is 0 Å². The van der Waals surface area contributed by atoms with E-state index in [1.807, 2.05) is 0 Å². The molecule has 0 amide bonds. The van der Waals surface area contributed by atoms with E-state index in [0.717, 1.165) is 23.5 Å². The first-order valence-electron chi connectivity index (χ1n) is 28.7. The number of rotatable bonds is 15. The number of ether oxygens (including phenoxy) is 12. The first-order valence-corrected chi connectivity index (χ1v) is 31.0. The Morgan fingerprint density at radius 1 is 0.416 bits per heavy atom. The van der Waals surface area contributed by atoms with Gasteiger partial charge in [0, 0.05) is 23.2 Å². The van der Waals surface area contributed by atoms with Gasteiger partial charge in [-0.05, 0) is 30.4 Å². The van der Waals surface area contributed by atoms with Crippen molar-refractivity contribution in [1.82, 2.24) is 0 Å². The summed E-state index contributed by atoms with van der Waals surface area (Å²) in [5.41, 5.74) is 8.98. The lowest BCUT2D eigenvalue weighted by Gasteiger charge is -2.51. The minimum absolute atomic E-state index is 0.0871. The highest BCUT2D eigenvalue weighted by Gasteiger charge is 2.60. The third-order valence-electron chi connectivity index (χ3n) is 17.5. The zero-order valence-electron chi connectivity index (χ0n) is 47.3. The first-order chi connectivity index (χ1) is 42.1. The van der Waals surface area contributed by atoms with Gasteiger partial charge < -0.3 is 176 Å². The average Bonchev–Trinajstić information content (AvgIpc) is 1.23. The molecule has 0 radical (unpaired) electrons. The van der Waals surface area contributed by atoms with Gasteiger partial charge in [-0.1, -0.05) is 0 Å². The quantitative estimate of drug-likeness (QED) is 0.0724. The molecule has 39 heteroatoms. The number of carboxylic acids is 2. The molecule has 1 aliphatic carbocycles.